The Hall–Kier alpha value is -2.67. The summed E-state index contributed by atoms with van der Waals surface area (Å²) in [5.41, 5.74) is 5.69. The van der Waals surface area contributed by atoms with E-state index in [0.29, 0.717) is 5.69 Å². The van der Waals surface area contributed by atoms with Gasteiger partial charge in [0.15, 0.2) is 0 Å². The van der Waals surface area contributed by atoms with Crippen LogP contribution >= 0.6 is 0 Å². The summed E-state index contributed by atoms with van der Waals surface area (Å²) in [5, 5.41) is 4.15. The molecule has 1 aliphatic rings. The molecule has 2 aromatic carbocycles. The highest BCUT2D eigenvalue weighted by Gasteiger charge is 2.28. The molecule has 0 atom stereocenters. The molecule has 0 heterocycles. The molecule has 0 aliphatic heterocycles. The fraction of sp³-hybridized carbons (Fsp3) is 0.333. The Morgan fingerprint density at radius 2 is 1.68 bits per heavy atom. The Balaban J connectivity index is 1.91. The average Bonchev–Trinajstić information content (AvgIpc) is 3.19. The van der Waals surface area contributed by atoms with Crippen molar-refractivity contribution in [2.45, 2.75) is 44.4 Å². The normalized spacial score (nSPS) is 14.0. The van der Waals surface area contributed by atoms with Gasteiger partial charge in [0.2, 0.25) is 0 Å². The summed E-state index contributed by atoms with van der Waals surface area (Å²) < 4.78 is 27.8. The van der Waals surface area contributed by atoms with E-state index in [0.717, 1.165) is 46.8 Å². The number of benzene rings is 2. The quantitative estimate of drug-likeness (QED) is 0.755. The average molecular weight is 400 g/mol. The summed E-state index contributed by atoms with van der Waals surface area (Å²) in [7, 11) is -3.90. The first-order valence-electron chi connectivity index (χ1n) is 9.37. The van der Waals surface area contributed by atoms with Gasteiger partial charge in [0, 0.05) is 5.71 Å². The minimum atomic E-state index is -3.90. The van der Waals surface area contributed by atoms with Crippen molar-refractivity contribution in [3.63, 3.8) is 0 Å². The molecular weight excluding hydrogens is 374 g/mol. The van der Waals surface area contributed by atoms with Crippen LogP contribution in [0.2, 0.25) is 0 Å². The maximum atomic E-state index is 13.3. The zero-order chi connectivity index (χ0) is 20.1. The number of carbonyl (C=O) groups excluding carboxylic acids is 1. The number of anilines is 1. The molecule has 148 valence electrons. The monoisotopic (exact) mass is 399 g/mol. The predicted octanol–water partition coefficient (Wildman–Crippen LogP) is 3.54. The van der Waals surface area contributed by atoms with Crippen molar-refractivity contribution in [1.82, 2.24) is 5.43 Å². The number of carbonyl (C=O) groups is 1. The number of hydrogen-bond donors (Lipinski definition) is 1. The second kappa shape index (κ2) is 8.56. The molecule has 7 heteroatoms. The molecule has 28 heavy (non-hydrogen) atoms. The van der Waals surface area contributed by atoms with Crippen LogP contribution in [0.15, 0.2) is 58.5 Å². The maximum Gasteiger partial charge on any atom is 0.264 e. The van der Waals surface area contributed by atoms with Gasteiger partial charge in [-0.05, 0) is 63.3 Å². The Morgan fingerprint density at radius 3 is 2.32 bits per heavy atom. The third-order valence-electron chi connectivity index (χ3n) is 4.80. The number of hydrogen-bond acceptors (Lipinski definition) is 4. The van der Waals surface area contributed by atoms with Crippen molar-refractivity contribution in [2.24, 2.45) is 5.10 Å². The van der Waals surface area contributed by atoms with E-state index < -0.39 is 15.9 Å². The molecule has 1 amide bonds. The molecular formula is C21H25N3O3S. The zero-order valence-electron chi connectivity index (χ0n) is 16.2. The number of aryl methyl sites for hydroxylation is 2. The zero-order valence-corrected chi connectivity index (χ0v) is 17.0. The Bertz CT molecular complexity index is 974. The van der Waals surface area contributed by atoms with Gasteiger partial charge >= 0.3 is 0 Å². The minimum absolute atomic E-state index is 0.149. The predicted molar refractivity (Wildman–Crippen MR) is 111 cm³/mol. The van der Waals surface area contributed by atoms with E-state index in [2.05, 4.69) is 10.5 Å². The lowest BCUT2D eigenvalue weighted by molar-refractivity contribution is -0.119. The van der Waals surface area contributed by atoms with Crippen LogP contribution in [-0.2, 0) is 14.8 Å². The molecule has 2 aromatic rings. The second-order valence-electron chi connectivity index (χ2n) is 7.03. The first kappa shape index (κ1) is 20.1. The Labute approximate surface area is 166 Å². The lowest BCUT2D eigenvalue weighted by atomic mass is 10.2. The molecule has 0 aromatic heterocycles. The molecule has 1 aliphatic carbocycles. The van der Waals surface area contributed by atoms with Gasteiger partial charge in [0.05, 0.1) is 10.6 Å². The summed E-state index contributed by atoms with van der Waals surface area (Å²) in [6.45, 7) is 3.38. The number of nitrogens with one attached hydrogen (secondary N) is 1. The molecule has 0 unspecified atom stereocenters. The van der Waals surface area contributed by atoms with Crippen LogP contribution in [-0.4, -0.2) is 26.6 Å². The molecule has 1 saturated carbocycles. The van der Waals surface area contributed by atoms with E-state index in [-0.39, 0.29) is 11.4 Å². The van der Waals surface area contributed by atoms with Crippen molar-refractivity contribution in [1.29, 1.82) is 0 Å². The summed E-state index contributed by atoms with van der Waals surface area (Å²) in [6.07, 6.45) is 3.91. The van der Waals surface area contributed by atoms with Crippen LogP contribution in [0, 0.1) is 13.8 Å². The van der Waals surface area contributed by atoms with E-state index in [4.69, 9.17) is 0 Å². The number of hydrazone groups is 1. The van der Waals surface area contributed by atoms with Crippen LogP contribution < -0.4 is 9.73 Å². The highest BCUT2D eigenvalue weighted by Crippen LogP contribution is 2.26. The lowest BCUT2D eigenvalue weighted by Gasteiger charge is -2.25. The van der Waals surface area contributed by atoms with Gasteiger partial charge in [0.25, 0.3) is 15.9 Å². The molecule has 0 spiro atoms. The third kappa shape index (κ3) is 4.59. The first-order chi connectivity index (χ1) is 13.4. The summed E-state index contributed by atoms with van der Waals surface area (Å²) in [6, 6.07) is 13.7. The Morgan fingerprint density at radius 1 is 1.04 bits per heavy atom. The standard InChI is InChI=1S/C21H25N3O3S/c1-16-11-13-19(14-12-16)28(26,27)24(20-10-6-3-7-17(20)2)15-21(25)23-22-18-8-4-5-9-18/h3,6-7,10-14H,4-5,8-9,15H2,1-2H3,(H,23,25). The van der Waals surface area contributed by atoms with Gasteiger partial charge in [-0.1, -0.05) is 35.9 Å². The maximum absolute atomic E-state index is 13.3. The molecule has 0 saturated heterocycles. The van der Waals surface area contributed by atoms with Crippen molar-refractivity contribution in [3.05, 3.63) is 59.7 Å². The fourth-order valence-corrected chi connectivity index (χ4v) is 4.67. The van der Waals surface area contributed by atoms with Crippen LogP contribution in [0.4, 0.5) is 5.69 Å². The first-order valence-corrected chi connectivity index (χ1v) is 10.8. The number of sulfonamides is 1. The molecule has 1 fully saturated rings. The molecule has 6 nitrogen and oxygen atoms in total. The van der Waals surface area contributed by atoms with Gasteiger partial charge in [-0.3, -0.25) is 9.10 Å². The Kier molecular flexibility index (Phi) is 6.14. The van der Waals surface area contributed by atoms with E-state index in [1.54, 1.807) is 36.4 Å². The van der Waals surface area contributed by atoms with Gasteiger partial charge < -0.3 is 0 Å². The summed E-state index contributed by atoms with van der Waals surface area (Å²) in [5.74, 6) is -0.460. The van der Waals surface area contributed by atoms with Crippen LogP contribution in [0.3, 0.4) is 0 Å². The molecule has 0 bridgehead atoms. The van der Waals surface area contributed by atoms with Crippen molar-refractivity contribution in [3.8, 4) is 0 Å². The van der Waals surface area contributed by atoms with Crippen LogP contribution in [0.25, 0.3) is 0 Å². The largest absolute Gasteiger partial charge is 0.271 e. The van der Waals surface area contributed by atoms with Crippen molar-refractivity contribution in [2.75, 3.05) is 10.8 Å². The molecule has 3 rings (SSSR count). The number of amides is 1. The van der Waals surface area contributed by atoms with Crippen molar-refractivity contribution >= 4 is 27.3 Å². The highest BCUT2D eigenvalue weighted by molar-refractivity contribution is 7.92. The van der Waals surface area contributed by atoms with Gasteiger partial charge in [-0.25, -0.2) is 13.8 Å². The summed E-state index contributed by atoms with van der Waals surface area (Å²) >= 11 is 0. The smallest absolute Gasteiger partial charge is 0.264 e. The molecule has 0 radical (unpaired) electrons. The highest BCUT2D eigenvalue weighted by atomic mass is 32.2. The molecule has 1 N–H and O–H groups in total. The topological polar surface area (TPSA) is 78.8 Å². The summed E-state index contributed by atoms with van der Waals surface area (Å²) in [4.78, 5) is 12.7. The number of nitrogens with zero attached hydrogens (tertiary/aromatic N) is 2. The van der Waals surface area contributed by atoms with Crippen LogP contribution in [0.1, 0.15) is 36.8 Å². The number of rotatable bonds is 6. The SMILES string of the molecule is Cc1ccc(S(=O)(=O)N(CC(=O)NN=C2CCCC2)c2ccccc2C)cc1. The van der Waals surface area contributed by atoms with Crippen molar-refractivity contribution < 1.29 is 13.2 Å². The lowest BCUT2D eigenvalue weighted by Crippen LogP contribution is -2.40. The van der Waals surface area contributed by atoms with Gasteiger partial charge in [-0.15, -0.1) is 0 Å². The number of para-hydroxylation sites is 1. The van der Waals surface area contributed by atoms with E-state index in [1.807, 2.05) is 26.0 Å². The van der Waals surface area contributed by atoms with Gasteiger partial charge in [0.1, 0.15) is 6.54 Å². The van der Waals surface area contributed by atoms with E-state index in [9.17, 15) is 13.2 Å². The third-order valence-corrected chi connectivity index (χ3v) is 6.57. The second-order valence-corrected chi connectivity index (χ2v) is 8.89. The fourth-order valence-electron chi connectivity index (χ4n) is 3.18. The van der Waals surface area contributed by atoms with Gasteiger partial charge in [-0.2, -0.15) is 5.10 Å². The van der Waals surface area contributed by atoms with E-state index in [1.165, 1.54) is 0 Å². The minimum Gasteiger partial charge on any atom is -0.271 e. The van der Waals surface area contributed by atoms with E-state index >= 15 is 0 Å². The van der Waals surface area contributed by atoms with Crippen LogP contribution in [0.5, 0.6) is 0 Å².